The Morgan fingerprint density at radius 2 is 0.964 bits per heavy atom. The number of hydrogen-bond acceptors (Lipinski definition) is 7. The first-order valence-electron chi connectivity index (χ1n) is 22.7. The SMILES string of the molecule is CCCCCC/C=C/CCCCCCCCCCCC(=O)OC[C@H](COP(=O)(O)OCC[N+](C)(C)C)OC(=O)CCCC/C=C/C/C=C/CCCCCCCC. The van der Waals surface area contributed by atoms with E-state index in [1.807, 2.05) is 21.1 Å². The molecule has 0 aromatic heterocycles. The number of hydrogen-bond donors (Lipinski definition) is 1. The van der Waals surface area contributed by atoms with Gasteiger partial charge in [-0.1, -0.05) is 147 Å². The van der Waals surface area contributed by atoms with Crippen LogP contribution in [0.3, 0.4) is 0 Å². The van der Waals surface area contributed by atoms with Gasteiger partial charge in [0.1, 0.15) is 19.8 Å². The summed E-state index contributed by atoms with van der Waals surface area (Å²) in [5, 5.41) is 0. The van der Waals surface area contributed by atoms with E-state index in [2.05, 4.69) is 50.3 Å². The fraction of sp³-hybridized carbons (Fsp3) is 0.826. The zero-order valence-corrected chi connectivity index (χ0v) is 37.8. The summed E-state index contributed by atoms with van der Waals surface area (Å²) in [4.78, 5) is 35.4. The number of phosphoric acid groups is 1. The second-order valence-electron chi connectivity index (χ2n) is 16.4. The number of ether oxygens (including phenoxy) is 2. The van der Waals surface area contributed by atoms with Crippen LogP contribution in [0.4, 0.5) is 0 Å². The first kappa shape index (κ1) is 54.2. The van der Waals surface area contributed by atoms with Crippen LogP contribution in [0.1, 0.15) is 194 Å². The average Bonchev–Trinajstić information content (AvgIpc) is 3.15. The summed E-state index contributed by atoms with van der Waals surface area (Å²) in [6, 6.07) is 0. The van der Waals surface area contributed by atoms with Gasteiger partial charge in [-0.05, 0) is 70.6 Å². The molecule has 56 heavy (non-hydrogen) atoms. The molecule has 1 unspecified atom stereocenters. The molecule has 0 heterocycles. The van der Waals surface area contributed by atoms with Crippen LogP contribution in [0.2, 0.25) is 0 Å². The molecule has 0 saturated carbocycles. The number of likely N-dealkylation sites (N-methyl/N-ethyl adjacent to an activating group) is 1. The second-order valence-corrected chi connectivity index (χ2v) is 17.9. The molecule has 0 amide bonds. The van der Waals surface area contributed by atoms with Crippen LogP contribution < -0.4 is 0 Å². The van der Waals surface area contributed by atoms with Gasteiger partial charge in [-0.3, -0.25) is 18.6 Å². The quantitative estimate of drug-likeness (QED) is 0.0214. The van der Waals surface area contributed by atoms with E-state index in [0.29, 0.717) is 17.4 Å². The summed E-state index contributed by atoms with van der Waals surface area (Å²) < 4.78 is 34.3. The van der Waals surface area contributed by atoms with Crippen molar-refractivity contribution in [1.29, 1.82) is 0 Å². The number of phosphoric ester groups is 1. The van der Waals surface area contributed by atoms with E-state index in [1.54, 1.807) is 0 Å². The number of unbranched alkanes of at least 4 members (excludes halogenated alkanes) is 21. The molecule has 328 valence electrons. The van der Waals surface area contributed by atoms with Crippen LogP contribution in [0, 0.1) is 0 Å². The van der Waals surface area contributed by atoms with E-state index in [1.165, 1.54) is 116 Å². The normalized spacial score (nSPS) is 13.9. The van der Waals surface area contributed by atoms with Gasteiger partial charge in [-0.15, -0.1) is 0 Å². The van der Waals surface area contributed by atoms with E-state index >= 15 is 0 Å². The van der Waals surface area contributed by atoms with E-state index in [4.69, 9.17) is 18.5 Å². The molecule has 0 aliphatic carbocycles. The minimum atomic E-state index is -4.38. The van der Waals surface area contributed by atoms with Crippen molar-refractivity contribution in [3.05, 3.63) is 36.5 Å². The zero-order valence-electron chi connectivity index (χ0n) is 36.9. The van der Waals surface area contributed by atoms with Crippen LogP contribution in [-0.2, 0) is 32.7 Å². The maximum Gasteiger partial charge on any atom is 0.472 e. The predicted octanol–water partition coefficient (Wildman–Crippen LogP) is 12.9. The van der Waals surface area contributed by atoms with Crippen LogP contribution in [0.25, 0.3) is 0 Å². The summed E-state index contributed by atoms with van der Waals surface area (Å²) in [5.74, 6) is -0.837. The molecule has 2 atom stereocenters. The van der Waals surface area contributed by atoms with Crippen molar-refractivity contribution in [2.45, 2.75) is 200 Å². The van der Waals surface area contributed by atoms with Gasteiger partial charge in [0.25, 0.3) is 0 Å². The minimum Gasteiger partial charge on any atom is -0.462 e. The fourth-order valence-electron chi connectivity index (χ4n) is 6.04. The minimum absolute atomic E-state index is 0.0256. The molecule has 0 aliphatic heterocycles. The van der Waals surface area contributed by atoms with Crippen molar-refractivity contribution in [2.24, 2.45) is 0 Å². The monoisotopic (exact) mass is 813 g/mol. The summed E-state index contributed by atoms with van der Waals surface area (Å²) in [7, 11) is 1.46. The van der Waals surface area contributed by atoms with Gasteiger partial charge in [0, 0.05) is 12.8 Å². The highest BCUT2D eigenvalue weighted by Crippen LogP contribution is 2.43. The van der Waals surface area contributed by atoms with Crippen molar-refractivity contribution in [1.82, 2.24) is 0 Å². The van der Waals surface area contributed by atoms with E-state index in [9.17, 15) is 19.0 Å². The van der Waals surface area contributed by atoms with Gasteiger partial charge in [0.05, 0.1) is 27.7 Å². The Hall–Kier alpha value is -1.77. The molecule has 0 aliphatic rings. The number of nitrogens with zero attached hydrogens (tertiary/aromatic N) is 1. The largest absolute Gasteiger partial charge is 0.472 e. The predicted molar refractivity (Wildman–Crippen MR) is 234 cm³/mol. The summed E-state index contributed by atoms with van der Waals surface area (Å²) >= 11 is 0. The molecule has 0 fully saturated rings. The molecule has 0 bridgehead atoms. The molecule has 0 rings (SSSR count). The topological polar surface area (TPSA) is 108 Å². The van der Waals surface area contributed by atoms with Crippen molar-refractivity contribution >= 4 is 19.8 Å². The van der Waals surface area contributed by atoms with Gasteiger partial charge in [0.2, 0.25) is 0 Å². The zero-order chi connectivity index (χ0) is 41.4. The molecule has 10 heteroatoms. The number of carbonyl (C=O) groups excluding carboxylic acids is 2. The second kappa shape index (κ2) is 38.7. The van der Waals surface area contributed by atoms with Gasteiger partial charge in [0.15, 0.2) is 6.10 Å². The van der Waals surface area contributed by atoms with E-state index in [-0.39, 0.29) is 32.0 Å². The van der Waals surface area contributed by atoms with Crippen molar-refractivity contribution in [3.8, 4) is 0 Å². The molecule has 1 N–H and O–H groups in total. The molecular formula is C46H87NO8P+. The van der Waals surface area contributed by atoms with E-state index < -0.39 is 26.5 Å². The Labute approximate surface area is 344 Å². The third kappa shape index (κ3) is 41.9. The van der Waals surface area contributed by atoms with Crippen LogP contribution >= 0.6 is 7.82 Å². The molecule has 0 aromatic carbocycles. The number of rotatable bonds is 41. The van der Waals surface area contributed by atoms with Crippen LogP contribution in [-0.4, -0.2) is 74.9 Å². The maximum atomic E-state index is 12.7. The van der Waals surface area contributed by atoms with Crippen molar-refractivity contribution in [3.63, 3.8) is 0 Å². The van der Waals surface area contributed by atoms with Gasteiger partial charge >= 0.3 is 19.8 Å². The highest BCUT2D eigenvalue weighted by Gasteiger charge is 2.27. The van der Waals surface area contributed by atoms with Crippen LogP contribution in [0.15, 0.2) is 36.5 Å². The number of quaternary nitrogens is 1. The van der Waals surface area contributed by atoms with Gasteiger partial charge in [-0.25, -0.2) is 4.57 Å². The highest BCUT2D eigenvalue weighted by molar-refractivity contribution is 7.47. The average molecular weight is 813 g/mol. The number of carbonyl (C=O) groups is 2. The third-order valence-corrected chi connectivity index (χ3v) is 10.6. The molecule has 0 aromatic rings. The molecule has 9 nitrogen and oxygen atoms in total. The lowest BCUT2D eigenvalue weighted by molar-refractivity contribution is -0.870. The molecule has 0 spiro atoms. The van der Waals surface area contributed by atoms with Gasteiger partial charge in [-0.2, -0.15) is 0 Å². The Morgan fingerprint density at radius 1 is 0.554 bits per heavy atom. The Morgan fingerprint density at radius 3 is 1.48 bits per heavy atom. The first-order chi connectivity index (χ1) is 27.0. The Balaban J connectivity index is 4.38. The fourth-order valence-corrected chi connectivity index (χ4v) is 6.78. The third-order valence-electron chi connectivity index (χ3n) is 9.64. The summed E-state index contributed by atoms with van der Waals surface area (Å²) in [6.07, 6.45) is 43.3. The van der Waals surface area contributed by atoms with Crippen molar-refractivity contribution in [2.75, 3.05) is 47.5 Å². The lowest BCUT2D eigenvalue weighted by Gasteiger charge is -2.24. The van der Waals surface area contributed by atoms with Crippen LogP contribution in [0.5, 0.6) is 0 Å². The lowest BCUT2D eigenvalue weighted by Crippen LogP contribution is -2.37. The summed E-state index contributed by atoms with van der Waals surface area (Å²) in [6.45, 7) is 4.37. The smallest absolute Gasteiger partial charge is 0.462 e. The number of esters is 2. The van der Waals surface area contributed by atoms with E-state index in [0.717, 1.165) is 44.9 Å². The number of allylic oxidation sites excluding steroid dienone is 6. The Kier molecular flexibility index (Phi) is 37.5. The molecular weight excluding hydrogens is 725 g/mol. The maximum absolute atomic E-state index is 12.7. The van der Waals surface area contributed by atoms with Crippen molar-refractivity contribution < 1.29 is 42.1 Å². The summed E-state index contributed by atoms with van der Waals surface area (Å²) in [5.41, 5.74) is 0. The van der Waals surface area contributed by atoms with Gasteiger partial charge < -0.3 is 18.9 Å². The highest BCUT2D eigenvalue weighted by atomic mass is 31.2. The first-order valence-corrected chi connectivity index (χ1v) is 24.2. The lowest BCUT2D eigenvalue weighted by atomic mass is 10.1. The molecule has 0 saturated heterocycles. The Bertz CT molecular complexity index is 1050. The molecule has 0 radical (unpaired) electrons. The standard InChI is InChI=1S/C46H86NO8P/c1-6-8-10-12-14-16-18-20-22-23-25-26-28-30-32-34-36-38-45(48)52-42-44(43-54-56(50,51)53-41-40-47(3,4)5)55-46(49)39-37-35-33-31-29-27-24-21-19-17-15-13-11-9-7-2/h16,18,21,24,29,31,44H,6-15,17,19-20,22-23,25-28,30,32-43H2,1-5H3/p+1/b18-16+,24-21+,31-29+/t44-/m1/s1.